The number of hydrogen-bond donors (Lipinski definition) is 1. The molecular weight excluding hydrogens is 268 g/mol. The Morgan fingerprint density at radius 3 is 2.68 bits per heavy atom. The zero-order chi connectivity index (χ0) is 14.7. The Hall–Kier alpha value is -0.660. The maximum atomic E-state index is 11.8. The second-order valence-electron chi connectivity index (χ2n) is 5.38. The van der Waals surface area contributed by atoms with Crippen LogP contribution in [0.4, 0.5) is 0 Å². The second-order valence-corrected chi connectivity index (χ2v) is 7.64. The Morgan fingerprint density at radius 2 is 2.16 bits per heavy atom. The molecule has 2 atom stereocenters. The van der Waals surface area contributed by atoms with Gasteiger partial charge in [-0.2, -0.15) is 0 Å². The molecule has 7 heteroatoms. The van der Waals surface area contributed by atoms with E-state index in [9.17, 15) is 13.2 Å². The lowest BCUT2D eigenvalue weighted by molar-refractivity contribution is -0.149. The van der Waals surface area contributed by atoms with Crippen molar-refractivity contribution in [3.63, 3.8) is 0 Å². The highest BCUT2D eigenvalue weighted by atomic mass is 32.2. The lowest BCUT2D eigenvalue weighted by Crippen LogP contribution is -2.48. The van der Waals surface area contributed by atoms with Crippen molar-refractivity contribution in [2.75, 3.05) is 32.2 Å². The maximum absolute atomic E-state index is 11.8. The van der Waals surface area contributed by atoms with Gasteiger partial charge in [0.2, 0.25) is 0 Å². The summed E-state index contributed by atoms with van der Waals surface area (Å²) in [6.07, 6.45) is 3.11. The van der Waals surface area contributed by atoms with Crippen molar-refractivity contribution in [3.8, 4) is 0 Å². The first-order chi connectivity index (χ1) is 8.68. The van der Waals surface area contributed by atoms with E-state index in [1.54, 1.807) is 6.92 Å². The van der Waals surface area contributed by atoms with E-state index in [0.717, 1.165) is 6.42 Å². The number of carbonyl (C=O) groups excluding carboxylic acids is 1. The van der Waals surface area contributed by atoms with Gasteiger partial charge < -0.3 is 15.4 Å². The molecular formula is C12H24N2O4S. The van der Waals surface area contributed by atoms with E-state index in [0.29, 0.717) is 26.0 Å². The summed E-state index contributed by atoms with van der Waals surface area (Å²) in [7, 11) is -1.10. The number of ether oxygens (including phenoxy) is 1. The Balaban J connectivity index is 2.53. The van der Waals surface area contributed by atoms with Gasteiger partial charge in [-0.15, -0.1) is 0 Å². The van der Waals surface area contributed by atoms with Crippen LogP contribution >= 0.6 is 0 Å². The summed E-state index contributed by atoms with van der Waals surface area (Å²) >= 11 is 0. The average molecular weight is 292 g/mol. The van der Waals surface area contributed by atoms with Gasteiger partial charge in [-0.3, -0.25) is 4.79 Å². The number of carbonyl (C=O) groups is 1. The van der Waals surface area contributed by atoms with Crippen LogP contribution in [0, 0.1) is 0 Å². The molecule has 0 aromatic rings. The van der Waals surface area contributed by atoms with Crippen molar-refractivity contribution >= 4 is 15.8 Å². The molecule has 0 amide bonds. The molecule has 0 aromatic carbocycles. The largest absolute Gasteiger partial charge is 0.465 e. The van der Waals surface area contributed by atoms with Crippen LogP contribution in [0.25, 0.3) is 0 Å². The number of nitrogens with two attached hydrogens (primary N) is 1. The summed E-state index contributed by atoms with van der Waals surface area (Å²) in [5.41, 5.74) is 5.16. The molecule has 0 radical (unpaired) electrons. The fourth-order valence-corrected chi connectivity index (χ4v) is 3.00. The SMILES string of the molecule is CCOC(=O)C1(N)CCC(N(C)CCS(C)(=O)=O)C1. The molecule has 2 N–H and O–H groups in total. The van der Waals surface area contributed by atoms with Gasteiger partial charge in [-0.1, -0.05) is 0 Å². The summed E-state index contributed by atoms with van der Waals surface area (Å²) in [6, 6.07) is 0.135. The zero-order valence-electron chi connectivity index (χ0n) is 11.9. The quantitative estimate of drug-likeness (QED) is 0.681. The molecule has 0 aliphatic heterocycles. The standard InChI is InChI=1S/C12H24N2O4S/c1-4-18-11(15)12(13)6-5-10(9-12)14(2)7-8-19(3,16)17/h10H,4-9,13H2,1-3H3. The molecule has 1 fully saturated rings. The van der Waals surface area contributed by atoms with E-state index in [1.165, 1.54) is 6.26 Å². The fourth-order valence-electron chi connectivity index (χ4n) is 2.38. The van der Waals surface area contributed by atoms with Crippen LogP contribution in [0.15, 0.2) is 0 Å². The summed E-state index contributed by atoms with van der Waals surface area (Å²) in [5, 5.41) is 0. The smallest absolute Gasteiger partial charge is 0.326 e. The van der Waals surface area contributed by atoms with Gasteiger partial charge in [-0.05, 0) is 33.2 Å². The molecule has 2 unspecified atom stereocenters. The van der Waals surface area contributed by atoms with Gasteiger partial charge in [0.1, 0.15) is 15.4 Å². The average Bonchev–Trinajstić information content (AvgIpc) is 2.70. The first-order valence-electron chi connectivity index (χ1n) is 6.52. The first-order valence-corrected chi connectivity index (χ1v) is 8.58. The molecule has 6 nitrogen and oxygen atoms in total. The molecule has 0 spiro atoms. The maximum Gasteiger partial charge on any atom is 0.326 e. The van der Waals surface area contributed by atoms with Crippen molar-refractivity contribution < 1.29 is 17.9 Å². The van der Waals surface area contributed by atoms with Gasteiger partial charge in [0, 0.05) is 18.8 Å². The summed E-state index contributed by atoms with van der Waals surface area (Å²) in [4.78, 5) is 13.8. The van der Waals surface area contributed by atoms with Crippen molar-refractivity contribution in [1.29, 1.82) is 0 Å². The number of nitrogens with zero attached hydrogens (tertiary/aromatic N) is 1. The monoisotopic (exact) mass is 292 g/mol. The summed E-state index contributed by atoms with van der Waals surface area (Å²) < 4.78 is 27.3. The van der Waals surface area contributed by atoms with E-state index in [2.05, 4.69) is 0 Å². The lowest BCUT2D eigenvalue weighted by atomic mass is 9.99. The topological polar surface area (TPSA) is 89.7 Å². The second kappa shape index (κ2) is 6.19. The van der Waals surface area contributed by atoms with Crippen molar-refractivity contribution in [3.05, 3.63) is 0 Å². The van der Waals surface area contributed by atoms with E-state index in [4.69, 9.17) is 10.5 Å². The van der Waals surface area contributed by atoms with Crippen LogP contribution in [-0.2, 0) is 19.4 Å². The van der Waals surface area contributed by atoms with Gasteiger partial charge in [0.05, 0.1) is 12.4 Å². The third kappa shape index (κ3) is 4.74. The summed E-state index contributed by atoms with van der Waals surface area (Å²) in [5.74, 6) is -0.231. The van der Waals surface area contributed by atoms with Gasteiger partial charge in [-0.25, -0.2) is 8.42 Å². The Labute approximate surface area is 115 Å². The molecule has 0 bridgehead atoms. The third-order valence-electron chi connectivity index (χ3n) is 3.64. The van der Waals surface area contributed by atoms with Crippen molar-refractivity contribution in [2.45, 2.75) is 37.8 Å². The highest BCUT2D eigenvalue weighted by Gasteiger charge is 2.44. The number of sulfone groups is 1. The van der Waals surface area contributed by atoms with Crippen LogP contribution < -0.4 is 5.73 Å². The van der Waals surface area contributed by atoms with Gasteiger partial charge in [0.15, 0.2) is 0 Å². The van der Waals surface area contributed by atoms with Crippen molar-refractivity contribution in [1.82, 2.24) is 4.90 Å². The van der Waals surface area contributed by atoms with E-state index < -0.39 is 15.4 Å². The zero-order valence-corrected chi connectivity index (χ0v) is 12.7. The Kier molecular flexibility index (Phi) is 5.34. The number of hydrogen-bond acceptors (Lipinski definition) is 6. The van der Waals surface area contributed by atoms with E-state index in [-0.39, 0.29) is 17.8 Å². The molecule has 1 saturated carbocycles. The van der Waals surface area contributed by atoms with Gasteiger partial charge >= 0.3 is 5.97 Å². The Bertz CT molecular complexity index is 423. The van der Waals surface area contributed by atoms with E-state index >= 15 is 0 Å². The van der Waals surface area contributed by atoms with E-state index in [1.807, 2.05) is 11.9 Å². The minimum Gasteiger partial charge on any atom is -0.465 e. The lowest BCUT2D eigenvalue weighted by Gasteiger charge is -2.26. The molecule has 19 heavy (non-hydrogen) atoms. The normalized spacial score (nSPS) is 27.7. The van der Waals surface area contributed by atoms with Gasteiger partial charge in [0.25, 0.3) is 0 Å². The molecule has 112 valence electrons. The predicted molar refractivity (Wildman–Crippen MR) is 73.5 cm³/mol. The fraction of sp³-hybridized carbons (Fsp3) is 0.917. The van der Waals surface area contributed by atoms with Crippen LogP contribution in [0.2, 0.25) is 0 Å². The minimum atomic E-state index is -2.97. The predicted octanol–water partition coefficient (Wildman–Crippen LogP) is -0.224. The van der Waals surface area contributed by atoms with Crippen molar-refractivity contribution in [2.24, 2.45) is 5.73 Å². The minimum absolute atomic E-state index is 0.122. The first kappa shape index (κ1) is 16.4. The molecule has 1 rings (SSSR count). The molecule has 0 aromatic heterocycles. The molecule has 0 heterocycles. The number of esters is 1. The van der Waals surface area contributed by atoms with Crippen LogP contribution in [-0.4, -0.2) is 63.1 Å². The highest BCUT2D eigenvalue weighted by Crippen LogP contribution is 2.31. The Morgan fingerprint density at radius 1 is 1.53 bits per heavy atom. The van der Waals surface area contributed by atoms with Crippen LogP contribution in [0.3, 0.4) is 0 Å². The summed E-state index contributed by atoms with van der Waals surface area (Å²) in [6.45, 7) is 2.54. The molecule has 1 aliphatic carbocycles. The molecule has 1 aliphatic rings. The third-order valence-corrected chi connectivity index (χ3v) is 4.57. The molecule has 0 saturated heterocycles. The van der Waals surface area contributed by atoms with Crippen LogP contribution in [0.5, 0.6) is 0 Å². The number of rotatable bonds is 6. The highest BCUT2D eigenvalue weighted by molar-refractivity contribution is 7.90. The van der Waals surface area contributed by atoms with Crippen LogP contribution in [0.1, 0.15) is 26.2 Å².